The fraction of sp³-hybridized carbons (Fsp3) is 0.625. The molecule has 0 heterocycles. The molecule has 1 aromatic rings. The minimum atomic E-state index is 0.244. The summed E-state index contributed by atoms with van der Waals surface area (Å²) in [4.78, 5) is 0. The Balaban J connectivity index is 2.64. The zero-order chi connectivity index (χ0) is 15.0. The van der Waals surface area contributed by atoms with Crippen LogP contribution in [0.4, 0.5) is 0 Å². The largest absolute Gasteiger partial charge is 0.491 e. The lowest BCUT2D eigenvalue weighted by Crippen LogP contribution is -2.20. The van der Waals surface area contributed by atoms with Gasteiger partial charge < -0.3 is 14.8 Å². The van der Waals surface area contributed by atoms with Crippen molar-refractivity contribution in [1.29, 1.82) is 0 Å². The van der Waals surface area contributed by atoms with Crippen molar-refractivity contribution in [3.05, 3.63) is 28.2 Å². The average molecular weight is 344 g/mol. The van der Waals surface area contributed by atoms with Gasteiger partial charge in [0, 0.05) is 16.1 Å². The SMILES string of the molecule is CCCNC(C)c1cc(Br)ccc1OCCOC(C)C. The van der Waals surface area contributed by atoms with E-state index in [2.05, 4.69) is 41.2 Å². The monoisotopic (exact) mass is 343 g/mol. The van der Waals surface area contributed by atoms with Crippen molar-refractivity contribution in [3.63, 3.8) is 0 Å². The Labute approximate surface area is 131 Å². The third-order valence-corrected chi connectivity index (χ3v) is 3.42. The van der Waals surface area contributed by atoms with Crippen LogP contribution < -0.4 is 10.1 Å². The topological polar surface area (TPSA) is 30.5 Å². The van der Waals surface area contributed by atoms with Gasteiger partial charge in [0.15, 0.2) is 0 Å². The number of nitrogens with one attached hydrogen (secondary N) is 1. The number of halogens is 1. The van der Waals surface area contributed by atoms with Gasteiger partial charge in [0.25, 0.3) is 0 Å². The van der Waals surface area contributed by atoms with Crippen LogP contribution in [0.1, 0.15) is 45.7 Å². The maximum Gasteiger partial charge on any atom is 0.124 e. The molecule has 0 saturated heterocycles. The average Bonchev–Trinajstić information content (AvgIpc) is 2.41. The number of hydrogen-bond donors (Lipinski definition) is 1. The summed E-state index contributed by atoms with van der Waals surface area (Å²) in [6.07, 6.45) is 1.37. The third-order valence-electron chi connectivity index (χ3n) is 2.93. The molecule has 1 unspecified atom stereocenters. The molecule has 0 aliphatic carbocycles. The molecule has 114 valence electrons. The van der Waals surface area contributed by atoms with Gasteiger partial charge in [0.2, 0.25) is 0 Å². The fourth-order valence-corrected chi connectivity index (χ4v) is 2.27. The molecule has 0 amide bonds. The zero-order valence-corrected chi connectivity index (χ0v) is 14.5. The Kier molecular flexibility index (Phi) is 8.19. The van der Waals surface area contributed by atoms with Crippen LogP contribution in [0.25, 0.3) is 0 Å². The van der Waals surface area contributed by atoms with Crippen molar-refractivity contribution < 1.29 is 9.47 Å². The first-order chi connectivity index (χ1) is 9.54. The molecule has 0 bridgehead atoms. The van der Waals surface area contributed by atoms with Crippen molar-refractivity contribution >= 4 is 15.9 Å². The molecule has 0 radical (unpaired) electrons. The van der Waals surface area contributed by atoms with Gasteiger partial charge in [-0.2, -0.15) is 0 Å². The Morgan fingerprint density at radius 1 is 1.20 bits per heavy atom. The standard InChI is InChI=1S/C16H26BrNO2/c1-5-8-18-13(4)15-11-14(17)6-7-16(15)20-10-9-19-12(2)3/h6-7,11-13,18H,5,8-10H2,1-4H3. The summed E-state index contributed by atoms with van der Waals surface area (Å²) in [5.41, 5.74) is 1.18. The second-order valence-corrected chi connectivity index (χ2v) is 6.04. The highest BCUT2D eigenvalue weighted by Gasteiger charge is 2.12. The molecule has 4 heteroatoms. The quantitative estimate of drug-likeness (QED) is 0.677. The second kappa shape index (κ2) is 9.37. The summed E-state index contributed by atoms with van der Waals surface area (Å²) in [5, 5.41) is 3.49. The minimum Gasteiger partial charge on any atom is -0.491 e. The highest BCUT2D eigenvalue weighted by Crippen LogP contribution is 2.28. The number of rotatable bonds is 9. The van der Waals surface area contributed by atoms with Crippen molar-refractivity contribution in [2.45, 2.75) is 46.3 Å². The Bertz CT molecular complexity index is 396. The normalized spacial score (nSPS) is 12.7. The van der Waals surface area contributed by atoms with E-state index in [0.717, 1.165) is 23.2 Å². The summed E-state index contributed by atoms with van der Waals surface area (Å²) in [7, 11) is 0. The van der Waals surface area contributed by atoms with E-state index in [0.29, 0.717) is 13.2 Å². The number of benzene rings is 1. The summed E-state index contributed by atoms with van der Waals surface area (Å²) in [5.74, 6) is 0.927. The van der Waals surface area contributed by atoms with Crippen LogP contribution in [-0.4, -0.2) is 25.9 Å². The van der Waals surface area contributed by atoms with E-state index in [4.69, 9.17) is 9.47 Å². The van der Waals surface area contributed by atoms with E-state index in [-0.39, 0.29) is 12.1 Å². The first-order valence-electron chi connectivity index (χ1n) is 7.31. The van der Waals surface area contributed by atoms with Gasteiger partial charge in [0.1, 0.15) is 12.4 Å². The molecule has 1 rings (SSSR count). The first-order valence-corrected chi connectivity index (χ1v) is 8.11. The fourth-order valence-electron chi connectivity index (χ4n) is 1.90. The lowest BCUT2D eigenvalue weighted by Gasteiger charge is -2.19. The first kappa shape index (κ1) is 17.5. The lowest BCUT2D eigenvalue weighted by atomic mass is 10.1. The van der Waals surface area contributed by atoms with Gasteiger partial charge in [-0.1, -0.05) is 22.9 Å². The Hall–Kier alpha value is -0.580. The maximum absolute atomic E-state index is 5.86. The molecule has 0 aromatic heterocycles. The van der Waals surface area contributed by atoms with E-state index in [1.165, 1.54) is 5.56 Å². The predicted molar refractivity (Wildman–Crippen MR) is 87.4 cm³/mol. The van der Waals surface area contributed by atoms with Gasteiger partial charge in [-0.15, -0.1) is 0 Å². The van der Waals surface area contributed by atoms with Gasteiger partial charge in [-0.05, 0) is 51.9 Å². The summed E-state index contributed by atoms with van der Waals surface area (Å²) in [6.45, 7) is 10.6. The highest BCUT2D eigenvalue weighted by atomic mass is 79.9. The molecule has 1 N–H and O–H groups in total. The van der Waals surface area contributed by atoms with Crippen LogP contribution in [0.2, 0.25) is 0 Å². The van der Waals surface area contributed by atoms with Crippen molar-refractivity contribution in [2.24, 2.45) is 0 Å². The van der Waals surface area contributed by atoms with E-state index < -0.39 is 0 Å². The van der Waals surface area contributed by atoms with Crippen LogP contribution in [-0.2, 0) is 4.74 Å². The van der Waals surface area contributed by atoms with Crippen LogP contribution in [0, 0.1) is 0 Å². The zero-order valence-electron chi connectivity index (χ0n) is 12.9. The predicted octanol–water partition coefficient (Wildman–Crippen LogP) is 4.31. The molecule has 0 aliphatic heterocycles. The van der Waals surface area contributed by atoms with Gasteiger partial charge >= 0.3 is 0 Å². The van der Waals surface area contributed by atoms with Crippen molar-refractivity contribution in [1.82, 2.24) is 5.32 Å². The van der Waals surface area contributed by atoms with Crippen LogP contribution in [0.15, 0.2) is 22.7 Å². The molecule has 1 aromatic carbocycles. The molecule has 0 spiro atoms. The highest BCUT2D eigenvalue weighted by molar-refractivity contribution is 9.10. The van der Waals surface area contributed by atoms with E-state index in [1.807, 2.05) is 26.0 Å². The number of hydrogen-bond acceptors (Lipinski definition) is 3. The number of ether oxygens (including phenoxy) is 2. The summed E-state index contributed by atoms with van der Waals surface area (Å²) in [6, 6.07) is 6.41. The van der Waals surface area contributed by atoms with Crippen LogP contribution in [0.5, 0.6) is 5.75 Å². The van der Waals surface area contributed by atoms with Crippen LogP contribution in [0.3, 0.4) is 0 Å². The van der Waals surface area contributed by atoms with Crippen molar-refractivity contribution in [2.75, 3.05) is 19.8 Å². The second-order valence-electron chi connectivity index (χ2n) is 5.13. The van der Waals surface area contributed by atoms with E-state index in [1.54, 1.807) is 0 Å². The molecular weight excluding hydrogens is 318 g/mol. The molecule has 1 atom stereocenters. The smallest absolute Gasteiger partial charge is 0.124 e. The molecule has 0 fully saturated rings. The lowest BCUT2D eigenvalue weighted by molar-refractivity contribution is 0.0549. The molecule has 3 nitrogen and oxygen atoms in total. The molecular formula is C16H26BrNO2. The molecule has 20 heavy (non-hydrogen) atoms. The summed E-state index contributed by atoms with van der Waals surface area (Å²) >= 11 is 3.53. The summed E-state index contributed by atoms with van der Waals surface area (Å²) < 4.78 is 12.4. The third kappa shape index (κ3) is 6.25. The maximum atomic E-state index is 5.86. The Morgan fingerprint density at radius 3 is 2.60 bits per heavy atom. The molecule has 0 saturated carbocycles. The van der Waals surface area contributed by atoms with Gasteiger partial charge in [-0.25, -0.2) is 0 Å². The van der Waals surface area contributed by atoms with Crippen LogP contribution >= 0.6 is 15.9 Å². The van der Waals surface area contributed by atoms with E-state index >= 15 is 0 Å². The minimum absolute atomic E-state index is 0.244. The molecule has 0 aliphatic rings. The van der Waals surface area contributed by atoms with Gasteiger partial charge in [0.05, 0.1) is 12.7 Å². The van der Waals surface area contributed by atoms with Crippen molar-refractivity contribution in [3.8, 4) is 5.75 Å². The Morgan fingerprint density at radius 2 is 1.95 bits per heavy atom. The van der Waals surface area contributed by atoms with E-state index in [9.17, 15) is 0 Å². The van der Waals surface area contributed by atoms with Gasteiger partial charge in [-0.3, -0.25) is 0 Å².